The molecule has 0 atom stereocenters. The van der Waals surface area contributed by atoms with E-state index in [0.29, 0.717) is 17.4 Å². The van der Waals surface area contributed by atoms with Gasteiger partial charge in [-0.25, -0.2) is 14.8 Å². The third-order valence-electron chi connectivity index (χ3n) is 5.96. The van der Waals surface area contributed by atoms with E-state index in [2.05, 4.69) is 34.0 Å². The molecule has 1 saturated heterocycles. The molecular weight excluding hydrogens is 420 g/mol. The van der Waals surface area contributed by atoms with Gasteiger partial charge in [-0.1, -0.05) is 26.0 Å². The van der Waals surface area contributed by atoms with Crippen LogP contribution in [0.2, 0.25) is 0 Å². The molecule has 8 heteroatoms. The molecule has 1 aliphatic heterocycles. The van der Waals surface area contributed by atoms with Gasteiger partial charge in [-0.15, -0.1) is 0 Å². The molecular formula is C25H30N4O4. The van der Waals surface area contributed by atoms with E-state index in [4.69, 9.17) is 14.2 Å². The van der Waals surface area contributed by atoms with Gasteiger partial charge in [0.15, 0.2) is 11.5 Å². The summed E-state index contributed by atoms with van der Waals surface area (Å²) in [5, 5.41) is 3.72. The van der Waals surface area contributed by atoms with E-state index in [0.717, 1.165) is 48.3 Å². The average molecular weight is 451 g/mol. The number of methoxy groups -OCH3 is 2. The van der Waals surface area contributed by atoms with E-state index in [1.165, 1.54) is 5.56 Å². The zero-order chi connectivity index (χ0) is 23.4. The molecule has 4 rings (SSSR count). The Morgan fingerprint density at radius 2 is 1.70 bits per heavy atom. The van der Waals surface area contributed by atoms with Gasteiger partial charge in [-0.3, -0.25) is 5.32 Å². The summed E-state index contributed by atoms with van der Waals surface area (Å²) in [6.45, 7) is 5.73. The second kappa shape index (κ2) is 9.94. The average Bonchev–Trinajstić information content (AvgIpc) is 2.83. The summed E-state index contributed by atoms with van der Waals surface area (Å²) in [5.74, 6) is 2.56. The van der Waals surface area contributed by atoms with Crippen LogP contribution in [0.25, 0.3) is 10.9 Å². The smallest absolute Gasteiger partial charge is 0.411 e. The molecule has 0 saturated carbocycles. The predicted octanol–water partition coefficient (Wildman–Crippen LogP) is 4.99. The summed E-state index contributed by atoms with van der Waals surface area (Å²) in [7, 11) is 3.22. The number of aromatic nitrogens is 2. The van der Waals surface area contributed by atoms with Crippen LogP contribution in [0.3, 0.4) is 0 Å². The fourth-order valence-corrected chi connectivity index (χ4v) is 4.06. The maximum atomic E-state index is 12.4. The fourth-order valence-electron chi connectivity index (χ4n) is 4.06. The number of fused-ring (bicyclic) bond motifs is 1. The van der Waals surface area contributed by atoms with Crippen molar-refractivity contribution in [1.29, 1.82) is 0 Å². The van der Waals surface area contributed by atoms with E-state index in [-0.39, 0.29) is 6.10 Å². The number of hydrogen-bond acceptors (Lipinski definition) is 7. The molecule has 1 N–H and O–H groups in total. The normalized spacial score (nSPS) is 14.4. The molecule has 8 nitrogen and oxygen atoms in total. The number of hydrogen-bond donors (Lipinski definition) is 1. The number of carbonyl (C=O) groups excluding carboxylic acids is 1. The number of anilines is 2. The molecule has 0 aliphatic carbocycles. The van der Waals surface area contributed by atoms with Crippen molar-refractivity contribution in [3.8, 4) is 11.5 Å². The van der Waals surface area contributed by atoms with E-state index in [1.54, 1.807) is 20.5 Å². The van der Waals surface area contributed by atoms with Crippen LogP contribution < -0.4 is 19.7 Å². The Balaban J connectivity index is 1.37. The molecule has 174 valence electrons. The summed E-state index contributed by atoms with van der Waals surface area (Å²) in [4.78, 5) is 23.5. The van der Waals surface area contributed by atoms with Crippen molar-refractivity contribution in [2.24, 2.45) is 0 Å². The highest BCUT2D eigenvalue weighted by atomic mass is 16.6. The fraction of sp³-hybridized carbons (Fsp3) is 0.400. The zero-order valence-corrected chi connectivity index (χ0v) is 19.5. The second-order valence-electron chi connectivity index (χ2n) is 8.42. The number of rotatable bonds is 6. The highest BCUT2D eigenvalue weighted by Crippen LogP contribution is 2.35. The van der Waals surface area contributed by atoms with Crippen molar-refractivity contribution in [1.82, 2.24) is 9.97 Å². The number of nitrogens with one attached hydrogen (secondary N) is 1. The van der Waals surface area contributed by atoms with Crippen LogP contribution in [0.1, 0.15) is 38.2 Å². The Kier molecular flexibility index (Phi) is 6.82. The van der Waals surface area contributed by atoms with Gasteiger partial charge in [0.05, 0.1) is 19.7 Å². The first-order valence-corrected chi connectivity index (χ1v) is 11.2. The molecule has 33 heavy (non-hydrogen) atoms. The first-order valence-electron chi connectivity index (χ1n) is 11.2. The minimum Gasteiger partial charge on any atom is -0.493 e. The van der Waals surface area contributed by atoms with Crippen molar-refractivity contribution < 1.29 is 19.0 Å². The Labute approximate surface area is 193 Å². The van der Waals surface area contributed by atoms with E-state index >= 15 is 0 Å². The lowest BCUT2D eigenvalue weighted by atomic mass is 10.0. The van der Waals surface area contributed by atoms with Crippen LogP contribution in [0.15, 0.2) is 42.7 Å². The quantitative estimate of drug-likeness (QED) is 0.566. The molecule has 1 aromatic heterocycles. The molecule has 1 fully saturated rings. The van der Waals surface area contributed by atoms with Crippen LogP contribution >= 0.6 is 0 Å². The van der Waals surface area contributed by atoms with Gasteiger partial charge < -0.3 is 19.1 Å². The highest BCUT2D eigenvalue weighted by Gasteiger charge is 2.25. The standard InChI is InChI=1S/C25H30N4O4/c1-16(2)17-5-7-18(8-6-17)28-25(30)33-19-9-11-29(12-10-19)24-20-13-22(31-3)23(32-4)14-21(20)26-15-27-24/h5-8,13-16,19H,9-12H2,1-4H3,(H,28,30). The number of amides is 1. The van der Waals surface area contributed by atoms with Crippen molar-refractivity contribution in [3.63, 3.8) is 0 Å². The number of carbonyl (C=O) groups is 1. The van der Waals surface area contributed by atoms with E-state index in [9.17, 15) is 4.79 Å². The van der Waals surface area contributed by atoms with Crippen LogP contribution in [-0.4, -0.2) is 49.5 Å². The SMILES string of the molecule is COc1cc2ncnc(N3CCC(OC(=O)Nc4ccc(C(C)C)cc4)CC3)c2cc1OC. The maximum Gasteiger partial charge on any atom is 0.411 e. The van der Waals surface area contributed by atoms with Gasteiger partial charge in [0, 0.05) is 43.1 Å². The molecule has 0 spiro atoms. The van der Waals surface area contributed by atoms with Gasteiger partial charge in [0.1, 0.15) is 18.2 Å². The van der Waals surface area contributed by atoms with Gasteiger partial charge >= 0.3 is 6.09 Å². The number of benzene rings is 2. The number of piperidine rings is 1. The van der Waals surface area contributed by atoms with Gasteiger partial charge in [-0.05, 0) is 29.7 Å². The monoisotopic (exact) mass is 450 g/mol. The molecule has 0 radical (unpaired) electrons. The van der Waals surface area contributed by atoms with E-state index in [1.807, 2.05) is 36.4 Å². The lowest BCUT2D eigenvalue weighted by Crippen LogP contribution is -2.39. The van der Waals surface area contributed by atoms with E-state index < -0.39 is 6.09 Å². The topological polar surface area (TPSA) is 85.8 Å². The predicted molar refractivity (Wildman–Crippen MR) is 129 cm³/mol. The summed E-state index contributed by atoms with van der Waals surface area (Å²) in [5.41, 5.74) is 2.76. The minimum absolute atomic E-state index is 0.140. The van der Waals surface area contributed by atoms with Crippen molar-refractivity contribution in [2.75, 3.05) is 37.5 Å². The Bertz CT molecular complexity index is 1110. The third kappa shape index (κ3) is 5.10. The number of nitrogens with zero attached hydrogens (tertiary/aromatic N) is 3. The maximum absolute atomic E-state index is 12.4. The highest BCUT2D eigenvalue weighted by molar-refractivity contribution is 5.92. The summed E-state index contributed by atoms with van der Waals surface area (Å²) < 4.78 is 16.5. The summed E-state index contributed by atoms with van der Waals surface area (Å²) in [6, 6.07) is 11.6. The van der Waals surface area contributed by atoms with Crippen molar-refractivity contribution in [2.45, 2.75) is 38.7 Å². The number of ether oxygens (including phenoxy) is 3. The van der Waals surface area contributed by atoms with Crippen molar-refractivity contribution in [3.05, 3.63) is 48.3 Å². The van der Waals surface area contributed by atoms with Crippen LogP contribution in [0, 0.1) is 0 Å². The van der Waals surface area contributed by atoms with Gasteiger partial charge in [0.2, 0.25) is 0 Å². The molecule has 0 unspecified atom stereocenters. The molecule has 2 aromatic carbocycles. The summed E-state index contributed by atoms with van der Waals surface area (Å²) in [6.07, 6.45) is 2.44. The van der Waals surface area contributed by atoms with Crippen LogP contribution in [0.5, 0.6) is 11.5 Å². The Morgan fingerprint density at radius 3 is 2.33 bits per heavy atom. The minimum atomic E-state index is -0.421. The molecule has 1 amide bonds. The third-order valence-corrected chi connectivity index (χ3v) is 5.96. The van der Waals surface area contributed by atoms with Crippen molar-refractivity contribution >= 4 is 28.5 Å². The molecule has 3 aromatic rings. The molecule has 0 bridgehead atoms. The molecule has 2 heterocycles. The zero-order valence-electron chi connectivity index (χ0n) is 19.5. The van der Waals surface area contributed by atoms with Gasteiger partial charge in [0.25, 0.3) is 0 Å². The first-order chi connectivity index (χ1) is 16.0. The van der Waals surface area contributed by atoms with Gasteiger partial charge in [-0.2, -0.15) is 0 Å². The second-order valence-corrected chi connectivity index (χ2v) is 8.42. The lowest BCUT2D eigenvalue weighted by Gasteiger charge is -2.33. The Hall–Kier alpha value is -3.55. The lowest BCUT2D eigenvalue weighted by molar-refractivity contribution is 0.0950. The molecule has 1 aliphatic rings. The van der Waals surface area contributed by atoms with Crippen LogP contribution in [-0.2, 0) is 4.74 Å². The Morgan fingerprint density at radius 1 is 1.03 bits per heavy atom. The largest absolute Gasteiger partial charge is 0.493 e. The summed E-state index contributed by atoms with van der Waals surface area (Å²) >= 11 is 0. The van der Waals surface area contributed by atoms with Crippen LogP contribution in [0.4, 0.5) is 16.3 Å². The first kappa shape index (κ1) is 22.6.